The van der Waals surface area contributed by atoms with Crippen molar-refractivity contribution in [2.45, 2.75) is 26.9 Å². The Morgan fingerprint density at radius 2 is 1.82 bits per heavy atom. The van der Waals surface area contributed by atoms with E-state index in [1.165, 1.54) is 6.07 Å². The van der Waals surface area contributed by atoms with Crippen LogP contribution >= 0.6 is 11.6 Å². The van der Waals surface area contributed by atoms with E-state index >= 15 is 0 Å². The van der Waals surface area contributed by atoms with Crippen molar-refractivity contribution in [2.24, 2.45) is 0 Å². The van der Waals surface area contributed by atoms with Crippen LogP contribution in [0, 0.1) is 6.92 Å². The lowest BCUT2D eigenvalue weighted by Crippen LogP contribution is -2.32. The molecule has 0 saturated carbocycles. The average molecular weight is 478 g/mol. The summed E-state index contributed by atoms with van der Waals surface area (Å²) in [6.07, 6.45) is -1.00. The largest absolute Gasteiger partial charge is 0.492 e. The number of hydrogen-bond acceptors (Lipinski definition) is 5. The van der Waals surface area contributed by atoms with Crippen LogP contribution in [0.4, 0.5) is 5.69 Å². The van der Waals surface area contributed by atoms with Crippen LogP contribution in [0.2, 0.25) is 5.02 Å². The van der Waals surface area contributed by atoms with E-state index in [1.807, 2.05) is 44.2 Å². The number of hydrogen-bond donors (Lipinski definition) is 1. The standard InChI is InChI=1S/C27H24ClNO5/c1-4-32-23-8-6-5-7-21(23)29-27(31)17(3)33-26-24(30)20-15-19(28)13-14-22(20)34-25(26)18-11-9-16(2)10-12-18/h5-15,17H,4H2,1-3H3,(H,29,31). The van der Waals surface area contributed by atoms with Gasteiger partial charge < -0.3 is 19.2 Å². The molecule has 6 nitrogen and oxygen atoms in total. The molecule has 0 aliphatic rings. The molecule has 0 saturated heterocycles. The second-order valence-corrected chi connectivity index (χ2v) is 8.21. The van der Waals surface area contributed by atoms with Gasteiger partial charge in [0.05, 0.1) is 17.7 Å². The van der Waals surface area contributed by atoms with Gasteiger partial charge in [0.15, 0.2) is 11.9 Å². The van der Waals surface area contributed by atoms with Crippen LogP contribution < -0.4 is 20.2 Å². The Kier molecular flexibility index (Phi) is 6.89. The van der Waals surface area contributed by atoms with Gasteiger partial charge in [0.25, 0.3) is 5.91 Å². The molecule has 0 spiro atoms. The zero-order valence-electron chi connectivity index (χ0n) is 19.1. The van der Waals surface area contributed by atoms with Gasteiger partial charge in [0.2, 0.25) is 11.2 Å². The van der Waals surface area contributed by atoms with Crippen molar-refractivity contribution in [3.05, 3.63) is 87.5 Å². The Labute approximate surface area is 202 Å². The summed E-state index contributed by atoms with van der Waals surface area (Å²) >= 11 is 6.11. The summed E-state index contributed by atoms with van der Waals surface area (Å²) in [7, 11) is 0. The highest BCUT2D eigenvalue weighted by molar-refractivity contribution is 6.31. The highest BCUT2D eigenvalue weighted by Gasteiger charge is 2.24. The normalized spacial score (nSPS) is 11.8. The first-order valence-corrected chi connectivity index (χ1v) is 11.3. The van der Waals surface area contributed by atoms with Crippen LogP contribution in [0.25, 0.3) is 22.3 Å². The zero-order valence-corrected chi connectivity index (χ0v) is 19.8. The van der Waals surface area contributed by atoms with Crippen molar-refractivity contribution < 1.29 is 18.7 Å². The Morgan fingerprint density at radius 3 is 2.56 bits per heavy atom. The number of amides is 1. The van der Waals surface area contributed by atoms with E-state index in [9.17, 15) is 9.59 Å². The van der Waals surface area contributed by atoms with E-state index < -0.39 is 17.4 Å². The van der Waals surface area contributed by atoms with Crippen molar-refractivity contribution in [3.8, 4) is 22.8 Å². The van der Waals surface area contributed by atoms with Crippen LogP contribution in [-0.2, 0) is 4.79 Å². The number of anilines is 1. The molecule has 0 bridgehead atoms. The average Bonchev–Trinajstić information content (AvgIpc) is 2.83. The number of aryl methyl sites for hydroxylation is 1. The third kappa shape index (κ3) is 4.92. The molecule has 0 aliphatic heterocycles. The van der Waals surface area contributed by atoms with Crippen molar-refractivity contribution in [2.75, 3.05) is 11.9 Å². The first-order valence-electron chi connectivity index (χ1n) is 10.9. The lowest BCUT2D eigenvalue weighted by Gasteiger charge is -2.18. The van der Waals surface area contributed by atoms with E-state index in [0.29, 0.717) is 34.2 Å². The SMILES string of the molecule is CCOc1ccccc1NC(=O)C(C)Oc1c(-c2ccc(C)cc2)oc2ccc(Cl)cc2c1=O. The number of para-hydroxylation sites is 2. The van der Waals surface area contributed by atoms with E-state index in [-0.39, 0.29) is 16.9 Å². The summed E-state index contributed by atoms with van der Waals surface area (Å²) in [6, 6.07) is 19.4. The van der Waals surface area contributed by atoms with E-state index in [0.717, 1.165) is 5.56 Å². The molecule has 1 aromatic heterocycles. The molecular weight excluding hydrogens is 454 g/mol. The summed E-state index contributed by atoms with van der Waals surface area (Å²) in [6.45, 7) is 5.85. The highest BCUT2D eigenvalue weighted by Crippen LogP contribution is 2.33. The van der Waals surface area contributed by atoms with E-state index in [2.05, 4.69) is 5.32 Å². The molecule has 3 aromatic carbocycles. The molecule has 1 heterocycles. The van der Waals surface area contributed by atoms with Gasteiger partial charge in [-0.3, -0.25) is 9.59 Å². The fourth-order valence-corrected chi connectivity index (χ4v) is 3.64. The van der Waals surface area contributed by atoms with Gasteiger partial charge >= 0.3 is 0 Å². The quantitative estimate of drug-likeness (QED) is 0.341. The molecule has 4 rings (SSSR count). The molecule has 7 heteroatoms. The van der Waals surface area contributed by atoms with Crippen molar-refractivity contribution in [1.29, 1.82) is 0 Å². The Balaban J connectivity index is 1.72. The van der Waals surface area contributed by atoms with Crippen LogP contribution in [-0.4, -0.2) is 18.6 Å². The maximum Gasteiger partial charge on any atom is 0.265 e. The minimum absolute atomic E-state index is 0.0561. The lowest BCUT2D eigenvalue weighted by atomic mass is 10.1. The van der Waals surface area contributed by atoms with Gasteiger partial charge in [-0.1, -0.05) is 53.6 Å². The topological polar surface area (TPSA) is 77.8 Å². The Morgan fingerprint density at radius 1 is 1.09 bits per heavy atom. The fraction of sp³-hybridized carbons (Fsp3) is 0.185. The van der Waals surface area contributed by atoms with Crippen molar-refractivity contribution in [3.63, 3.8) is 0 Å². The summed E-state index contributed by atoms with van der Waals surface area (Å²) in [5.41, 5.74) is 2.19. The van der Waals surface area contributed by atoms with Gasteiger partial charge in [-0.15, -0.1) is 0 Å². The third-order valence-electron chi connectivity index (χ3n) is 5.23. The number of carbonyl (C=O) groups excluding carboxylic acids is 1. The predicted molar refractivity (Wildman–Crippen MR) is 134 cm³/mol. The Bertz CT molecular complexity index is 1390. The lowest BCUT2D eigenvalue weighted by molar-refractivity contribution is -0.122. The molecular formula is C27H24ClNO5. The monoisotopic (exact) mass is 477 g/mol. The maximum atomic E-state index is 13.4. The minimum Gasteiger partial charge on any atom is -0.492 e. The van der Waals surface area contributed by atoms with Gasteiger partial charge in [-0.05, 0) is 51.1 Å². The van der Waals surface area contributed by atoms with Gasteiger partial charge in [0, 0.05) is 10.6 Å². The molecule has 1 amide bonds. The smallest absolute Gasteiger partial charge is 0.265 e. The number of ether oxygens (including phenoxy) is 2. The van der Waals surface area contributed by atoms with Crippen molar-refractivity contribution >= 4 is 34.2 Å². The molecule has 34 heavy (non-hydrogen) atoms. The molecule has 4 aromatic rings. The molecule has 1 atom stereocenters. The summed E-state index contributed by atoms with van der Waals surface area (Å²) in [5, 5.41) is 3.47. The van der Waals surface area contributed by atoms with E-state index in [1.54, 1.807) is 37.3 Å². The number of halogens is 1. The summed E-state index contributed by atoms with van der Waals surface area (Å²) in [4.78, 5) is 26.4. The fourth-order valence-electron chi connectivity index (χ4n) is 3.47. The first-order chi connectivity index (χ1) is 16.4. The second kappa shape index (κ2) is 10.0. The zero-order chi connectivity index (χ0) is 24.2. The first kappa shape index (κ1) is 23.4. The number of nitrogens with one attached hydrogen (secondary N) is 1. The molecule has 0 fully saturated rings. The second-order valence-electron chi connectivity index (χ2n) is 7.77. The summed E-state index contributed by atoms with van der Waals surface area (Å²) in [5.74, 6) is 0.298. The van der Waals surface area contributed by atoms with Crippen LogP contribution in [0.3, 0.4) is 0 Å². The van der Waals surface area contributed by atoms with Crippen molar-refractivity contribution in [1.82, 2.24) is 0 Å². The molecule has 0 radical (unpaired) electrons. The number of carbonyl (C=O) groups is 1. The maximum absolute atomic E-state index is 13.4. The molecule has 0 aliphatic carbocycles. The predicted octanol–water partition coefficient (Wildman–Crippen LogP) is 6.23. The number of fused-ring (bicyclic) bond motifs is 1. The van der Waals surface area contributed by atoms with Crippen LogP contribution in [0.5, 0.6) is 11.5 Å². The molecule has 1 unspecified atom stereocenters. The molecule has 1 N–H and O–H groups in total. The highest BCUT2D eigenvalue weighted by atomic mass is 35.5. The van der Waals surface area contributed by atoms with Gasteiger partial charge in [0.1, 0.15) is 11.3 Å². The number of benzene rings is 3. The summed E-state index contributed by atoms with van der Waals surface area (Å²) < 4.78 is 17.6. The number of rotatable bonds is 7. The van der Waals surface area contributed by atoms with Gasteiger partial charge in [-0.2, -0.15) is 0 Å². The third-order valence-corrected chi connectivity index (χ3v) is 5.47. The van der Waals surface area contributed by atoms with Crippen LogP contribution in [0.15, 0.2) is 75.9 Å². The van der Waals surface area contributed by atoms with Crippen LogP contribution in [0.1, 0.15) is 19.4 Å². The minimum atomic E-state index is -1.00. The molecule has 174 valence electrons. The van der Waals surface area contributed by atoms with E-state index in [4.69, 9.17) is 25.5 Å². The Hall–Kier alpha value is -3.77. The van der Waals surface area contributed by atoms with Gasteiger partial charge in [-0.25, -0.2) is 0 Å².